The first-order valence-electron chi connectivity index (χ1n) is 6.41. The molecule has 1 aliphatic carbocycles. The van der Waals surface area contributed by atoms with Crippen LogP contribution in [-0.4, -0.2) is 21.9 Å². The number of rotatable bonds is 3. The number of anilines is 1. The third-order valence-electron chi connectivity index (χ3n) is 3.09. The summed E-state index contributed by atoms with van der Waals surface area (Å²) in [7, 11) is 0. The van der Waals surface area contributed by atoms with Crippen LogP contribution in [0.25, 0.3) is 5.69 Å². The lowest BCUT2D eigenvalue weighted by Crippen LogP contribution is -2.30. The van der Waals surface area contributed by atoms with E-state index in [4.69, 9.17) is 0 Å². The third-order valence-corrected chi connectivity index (χ3v) is 3.09. The predicted molar refractivity (Wildman–Crippen MR) is 73.5 cm³/mol. The minimum atomic E-state index is -0.142. The number of hydrogen-bond acceptors (Lipinski definition) is 2. The molecule has 2 amide bonds. The van der Waals surface area contributed by atoms with E-state index in [1.807, 2.05) is 41.9 Å². The number of carbonyl (C=O) groups excluding carboxylic acids is 1. The summed E-state index contributed by atoms with van der Waals surface area (Å²) in [6.45, 7) is 1.99. The lowest BCUT2D eigenvalue weighted by molar-refractivity contribution is 0.251. The maximum atomic E-state index is 11.7. The highest BCUT2D eigenvalue weighted by molar-refractivity contribution is 5.89. The predicted octanol–water partition coefficient (Wildman–Crippen LogP) is 2.46. The molecule has 0 unspecified atom stereocenters. The Hall–Kier alpha value is -2.30. The molecule has 0 radical (unpaired) electrons. The SMILES string of the molecule is Cc1ccnn1-c1cccc(NC(=O)NC2CC2)c1. The summed E-state index contributed by atoms with van der Waals surface area (Å²) in [6, 6.07) is 9.81. The molecule has 98 valence electrons. The van der Waals surface area contributed by atoms with Crippen LogP contribution in [0.15, 0.2) is 36.5 Å². The van der Waals surface area contributed by atoms with Crippen molar-refractivity contribution >= 4 is 11.7 Å². The van der Waals surface area contributed by atoms with Gasteiger partial charge in [-0.05, 0) is 44.0 Å². The van der Waals surface area contributed by atoms with Gasteiger partial charge in [-0.15, -0.1) is 0 Å². The fraction of sp³-hybridized carbons (Fsp3) is 0.286. The molecule has 1 aromatic carbocycles. The minimum absolute atomic E-state index is 0.142. The van der Waals surface area contributed by atoms with Crippen molar-refractivity contribution in [1.29, 1.82) is 0 Å². The molecule has 1 aliphatic rings. The molecular formula is C14H16N4O. The highest BCUT2D eigenvalue weighted by Crippen LogP contribution is 2.19. The maximum absolute atomic E-state index is 11.7. The standard InChI is InChI=1S/C14H16N4O/c1-10-7-8-15-18(10)13-4-2-3-12(9-13)17-14(19)16-11-5-6-11/h2-4,7-9,11H,5-6H2,1H3,(H2,16,17,19). The highest BCUT2D eigenvalue weighted by atomic mass is 16.2. The fourth-order valence-electron chi connectivity index (χ4n) is 1.94. The van der Waals surface area contributed by atoms with Crippen molar-refractivity contribution in [2.45, 2.75) is 25.8 Å². The van der Waals surface area contributed by atoms with Gasteiger partial charge >= 0.3 is 6.03 Å². The maximum Gasteiger partial charge on any atom is 0.319 e. The average Bonchev–Trinajstić information content (AvgIpc) is 3.08. The van der Waals surface area contributed by atoms with Crippen LogP contribution in [0.4, 0.5) is 10.5 Å². The average molecular weight is 256 g/mol. The van der Waals surface area contributed by atoms with E-state index in [0.717, 1.165) is 29.9 Å². The molecule has 5 heteroatoms. The molecule has 5 nitrogen and oxygen atoms in total. The van der Waals surface area contributed by atoms with Gasteiger partial charge in [0.25, 0.3) is 0 Å². The highest BCUT2D eigenvalue weighted by Gasteiger charge is 2.23. The van der Waals surface area contributed by atoms with E-state index in [1.54, 1.807) is 6.20 Å². The molecule has 0 spiro atoms. The number of nitrogens with one attached hydrogen (secondary N) is 2. The third kappa shape index (κ3) is 2.76. The summed E-state index contributed by atoms with van der Waals surface area (Å²) in [5, 5.41) is 9.99. The van der Waals surface area contributed by atoms with Crippen LogP contribution < -0.4 is 10.6 Å². The Morgan fingerprint density at radius 1 is 1.37 bits per heavy atom. The minimum Gasteiger partial charge on any atom is -0.335 e. The van der Waals surface area contributed by atoms with Gasteiger partial charge in [0.05, 0.1) is 5.69 Å². The molecule has 1 saturated carbocycles. The van der Waals surface area contributed by atoms with Gasteiger partial charge in [-0.1, -0.05) is 6.07 Å². The number of nitrogens with zero attached hydrogens (tertiary/aromatic N) is 2. The summed E-state index contributed by atoms with van der Waals surface area (Å²) in [4.78, 5) is 11.7. The number of amides is 2. The van der Waals surface area contributed by atoms with Gasteiger partial charge < -0.3 is 10.6 Å². The van der Waals surface area contributed by atoms with Crippen molar-refractivity contribution in [3.8, 4) is 5.69 Å². The first-order chi connectivity index (χ1) is 9.22. The van der Waals surface area contributed by atoms with Crippen molar-refractivity contribution in [1.82, 2.24) is 15.1 Å². The van der Waals surface area contributed by atoms with E-state index < -0.39 is 0 Å². The smallest absolute Gasteiger partial charge is 0.319 e. The second kappa shape index (κ2) is 4.76. The molecule has 19 heavy (non-hydrogen) atoms. The molecule has 1 fully saturated rings. The Bertz CT molecular complexity index is 601. The second-order valence-electron chi connectivity index (χ2n) is 4.81. The topological polar surface area (TPSA) is 59.0 Å². The van der Waals surface area contributed by atoms with Crippen LogP contribution in [-0.2, 0) is 0 Å². The van der Waals surface area contributed by atoms with Gasteiger partial charge in [0.1, 0.15) is 0 Å². The van der Waals surface area contributed by atoms with Crippen molar-refractivity contribution < 1.29 is 4.79 Å². The van der Waals surface area contributed by atoms with Crippen LogP contribution in [0.5, 0.6) is 0 Å². The van der Waals surface area contributed by atoms with Crippen LogP contribution in [0, 0.1) is 6.92 Å². The zero-order valence-electron chi connectivity index (χ0n) is 10.8. The number of aryl methyl sites for hydroxylation is 1. The molecular weight excluding hydrogens is 240 g/mol. The molecule has 1 aromatic heterocycles. The van der Waals surface area contributed by atoms with Crippen molar-refractivity contribution in [2.24, 2.45) is 0 Å². The van der Waals surface area contributed by atoms with E-state index in [-0.39, 0.29) is 6.03 Å². The number of aromatic nitrogens is 2. The van der Waals surface area contributed by atoms with Crippen LogP contribution in [0.3, 0.4) is 0 Å². The van der Waals surface area contributed by atoms with Gasteiger partial charge in [-0.3, -0.25) is 0 Å². The Balaban J connectivity index is 1.76. The van der Waals surface area contributed by atoms with Gasteiger partial charge in [0.2, 0.25) is 0 Å². The monoisotopic (exact) mass is 256 g/mol. The molecule has 3 rings (SSSR count). The molecule has 2 N–H and O–H groups in total. The number of urea groups is 1. The van der Waals surface area contributed by atoms with E-state index in [9.17, 15) is 4.79 Å². The Morgan fingerprint density at radius 3 is 2.89 bits per heavy atom. The fourth-order valence-corrected chi connectivity index (χ4v) is 1.94. The first kappa shape index (κ1) is 11.8. The summed E-state index contributed by atoms with van der Waals surface area (Å²) in [5.41, 5.74) is 2.76. The summed E-state index contributed by atoms with van der Waals surface area (Å²) >= 11 is 0. The van der Waals surface area contributed by atoms with Gasteiger partial charge in [0.15, 0.2) is 0 Å². The van der Waals surface area contributed by atoms with Crippen LogP contribution in [0.1, 0.15) is 18.5 Å². The first-order valence-corrected chi connectivity index (χ1v) is 6.41. The van der Waals surface area contributed by atoms with Crippen molar-refractivity contribution in [3.05, 3.63) is 42.2 Å². The van der Waals surface area contributed by atoms with Gasteiger partial charge in [-0.25, -0.2) is 9.48 Å². The van der Waals surface area contributed by atoms with Crippen molar-refractivity contribution in [2.75, 3.05) is 5.32 Å². The largest absolute Gasteiger partial charge is 0.335 e. The Morgan fingerprint density at radius 2 is 2.21 bits per heavy atom. The number of benzene rings is 1. The van der Waals surface area contributed by atoms with E-state index >= 15 is 0 Å². The molecule has 0 atom stereocenters. The van der Waals surface area contributed by atoms with Crippen molar-refractivity contribution in [3.63, 3.8) is 0 Å². The number of hydrogen-bond donors (Lipinski definition) is 2. The lowest BCUT2D eigenvalue weighted by Gasteiger charge is -2.09. The zero-order valence-corrected chi connectivity index (χ0v) is 10.8. The number of carbonyl (C=O) groups is 1. The van der Waals surface area contributed by atoms with E-state index in [2.05, 4.69) is 15.7 Å². The second-order valence-corrected chi connectivity index (χ2v) is 4.81. The summed E-state index contributed by atoms with van der Waals surface area (Å²) < 4.78 is 1.84. The van der Waals surface area contributed by atoms with Crippen LogP contribution in [0.2, 0.25) is 0 Å². The zero-order chi connectivity index (χ0) is 13.2. The van der Waals surface area contributed by atoms with E-state index in [1.165, 1.54) is 0 Å². The molecule has 0 aliphatic heterocycles. The Kier molecular flexibility index (Phi) is 2.95. The lowest BCUT2D eigenvalue weighted by atomic mass is 10.2. The van der Waals surface area contributed by atoms with Crippen LogP contribution >= 0.6 is 0 Å². The molecule has 1 heterocycles. The quantitative estimate of drug-likeness (QED) is 0.886. The summed E-state index contributed by atoms with van der Waals surface area (Å²) in [5.74, 6) is 0. The molecule has 2 aromatic rings. The Labute approximate surface area is 111 Å². The van der Waals surface area contributed by atoms with E-state index in [0.29, 0.717) is 6.04 Å². The molecule has 0 bridgehead atoms. The molecule has 0 saturated heterocycles. The van der Waals surface area contributed by atoms with Gasteiger partial charge in [0, 0.05) is 23.6 Å². The summed E-state index contributed by atoms with van der Waals surface area (Å²) in [6.07, 6.45) is 3.93. The normalized spacial score (nSPS) is 14.2. The van der Waals surface area contributed by atoms with Gasteiger partial charge in [-0.2, -0.15) is 5.10 Å².